The van der Waals surface area contributed by atoms with Crippen LogP contribution < -0.4 is 14.8 Å². The van der Waals surface area contributed by atoms with Crippen molar-refractivity contribution in [1.82, 2.24) is 15.1 Å². The lowest BCUT2D eigenvalue weighted by Gasteiger charge is -2.12. The van der Waals surface area contributed by atoms with Crippen LogP contribution in [0.2, 0.25) is 0 Å². The van der Waals surface area contributed by atoms with Crippen molar-refractivity contribution < 1.29 is 23.0 Å². The number of rotatable bonds is 8. The number of nitrogens with zero attached hydrogens (tertiary/aromatic N) is 2. The van der Waals surface area contributed by atoms with Crippen molar-refractivity contribution >= 4 is 5.91 Å². The minimum atomic E-state index is -2.94. The van der Waals surface area contributed by atoms with Crippen LogP contribution in [0.15, 0.2) is 54.9 Å². The lowest BCUT2D eigenvalue weighted by molar-refractivity contribution is -0.0512. The van der Waals surface area contributed by atoms with Crippen molar-refractivity contribution in [1.29, 1.82) is 0 Å². The van der Waals surface area contributed by atoms with Gasteiger partial charge in [-0.1, -0.05) is 6.07 Å². The summed E-state index contributed by atoms with van der Waals surface area (Å²) in [5, 5.41) is 7.05. The summed E-state index contributed by atoms with van der Waals surface area (Å²) in [6, 6.07) is 11.9. The van der Waals surface area contributed by atoms with Crippen LogP contribution in [-0.4, -0.2) is 36.0 Å². The Morgan fingerprint density at radius 3 is 2.55 bits per heavy atom. The number of methoxy groups -OCH3 is 1. The number of amides is 1. The molecule has 152 valence electrons. The van der Waals surface area contributed by atoms with E-state index in [-0.39, 0.29) is 17.4 Å². The monoisotopic (exact) mass is 401 g/mol. The van der Waals surface area contributed by atoms with E-state index in [1.807, 2.05) is 25.3 Å². The van der Waals surface area contributed by atoms with Gasteiger partial charge in [-0.05, 0) is 60.9 Å². The zero-order valence-electron chi connectivity index (χ0n) is 16.1. The van der Waals surface area contributed by atoms with Gasteiger partial charge in [0.25, 0.3) is 5.91 Å². The average molecular weight is 401 g/mol. The molecule has 0 aliphatic carbocycles. The van der Waals surface area contributed by atoms with E-state index in [0.717, 1.165) is 16.8 Å². The summed E-state index contributed by atoms with van der Waals surface area (Å²) in [7, 11) is 1.38. The largest absolute Gasteiger partial charge is 0.493 e. The molecular formula is C21H21F2N3O3. The Bertz CT molecular complexity index is 972. The molecule has 1 N–H and O–H groups in total. The van der Waals surface area contributed by atoms with E-state index in [1.165, 1.54) is 13.2 Å². The molecule has 0 saturated carbocycles. The summed E-state index contributed by atoms with van der Waals surface area (Å²) in [4.78, 5) is 12.3. The summed E-state index contributed by atoms with van der Waals surface area (Å²) in [6.07, 6.45) is 4.12. The van der Waals surface area contributed by atoms with Gasteiger partial charge in [-0.25, -0.2) is 4.68 Å². The van der Waals surface area contributed by atoms with Crippen molar-refractivity contribution in [2.45, 2.75) is 20.0 Å². The quantitative estimate of drug-likeness (QED) is 0.624. The van der Waals surface area contributed by atoms with E-state index in [2.05, 4.69) is 15.2 Å². The van der Waals surface area contributed by atoms with Gasteiger partial charge in [0.2, 0.25) is 0 Å². The molecule has 0 radical (unpaired) electrons. The summed E-state index contributed by atoms with van der Waals surface area (Å²) >= 11 is 0. The van der Waals surface area contributed by atoms with E-state index in [9.17, 15) is 13.6 Å². The van der Waals surface area contributed by atoms with Gasteiger partial charge in [0, 0.05) is 18.3 Å². The molecule has 0 aliphatic heterocycles. The Kier molecular flexibility index (Phi) is 6.43. The molecule has 3 aromatic rings. The molecule has 0 aliphatic rings. The third kappa shape index (κ3) is 5.31. The normalized spacial score (nSPS) is 10.8. The Hall–Kier alpha value is -3.42. The smallest absolute Gasteiger partial charge is 0.387 e. The minimum absolute atomic E-state index is 0.0317. The highest BCUT2D eigenvalue weighted by Gasteiger charge is 2.12. The molecule has 6 nitrogen and oxygen atoms in total. The van der Waals surface area contributed by atoms with E-state index < -0.39 is 6.61 Å². The number of benzene rings is 2. The Labute approximate surface area is 167 Å². The summed E-state index contributed by atoms with van der Waals surface area (Å²) in [5.74, 6) is -0.0212. The zero-order valence-corrected chi connectivity index (χ0v) is 16.1. The third-order valence-electron chi connectivity index (χ3n) is 4.25. The van der Waals surface area contributed by atoms with E-state index in [4.69, 9.17) is 4.74 Å². The Balaban J connectivity index is 1.57. The zero-order chi connectivity index (χ0) is 20.8. The molecule has 1 heterocycles. The maximum Gasteiger partial charge on any atom is 0.387 e. The van der Waals surface area contributed by atoms with Gasteiger partial charge in [0.1, 0.15) is 0 Å². The molecule has 1 aromatic heterocycles. The number of hydrogen-bond donors (Lipinski definition) is 1. The van der Waals surface area contributed by atoms with Crippen LogP contribution >= 0.6 is 0 Å². The van der Waals surface area contributed by atoms with Crippen molar-refractivity contribution in [2.24, 2.45) is 0 Å². The maximum atomic E-state index is 12.5. The SMILES string of the molecule is COc1ccc(CCNC(=O)c2ccc(-n3cc(C)cn3)cc2)cc1OC(F)F. The van der Waals surface area contributed by atoms with Crippen molar-refractivity contribution in [3.63, 3.8) is 0 Å². The number of ether oxygens (including phenoxy) is 2. The maximum absolute atomic E-state index is 12.5. The molecule has 29 heavy (non-hydrogen) atoms. The van der Waals surface area contributed by atoms with Crippen LogP contribution in [-0.2, 0) is 6.42 Å². The number of hydrogen-bond acceptors (Lipinski definition) is 4. The highest BCUT2D eigenvalue weighted by molar-refractivity contribution is 5.94. The fourth-order valence-corrected chi connectivity index (χ4v) is 2.81. The molecule has 8 heteroatoms. The fourth-order valence-electron chi connectivity index (χ4n) is 2.81. The third-order valence-corrected chi connectivity index (χ3v) is 4.25. The molecule has 2 aromatic carbocycles. The van der Waals surface area contributed by atoms with Crippen LogP contribution in [0.5, 0.6) is 11.5 Å². The number of carbonyl (C=O) groups is 1. The van der Waals surface area contributed by atoms with Gasteiger partial charge in [-0.15, -0.1) is 0 Å². The van der Waals surface area contributed by atoms with Gasteiger partial charge < -0.3 is 14.8 Å². The molecular weight excluding hydrogens is 380 g/mol. The molecule has 0 unspecified atom stereocenters. The summed E-state index contributed by atoms with van der Waals surface area (Å²) in [5.41, 5.74) is 3.17. The molecule has 0 saturated heterocycles. The average Bonchev–Trinajstić information content (AvgIpc) is 3.14. The van der Waals surface area contributed by atoms with Crippen LogP contribution in [0.25, 0.3) is 5.69 Å². The summed E-state index contributed by atoms with van der Waals surface area (Å²) < 4.78 is 36.2. The number of aromatic nitrogens is 2. The number of alkyl halides is 2. The van der Waals surface area contributed by atoms with Crippen LogP contribution in [0, 0.1) is 6.92 Å². The Morgan fingerprint density at radius 1 is 1.17 bits per heavy atom. The molecule has 3 rings (SSSR count). The second kappa shape index (κ2) is 9.18. The van der Waals surface area contributed by atoms with Gasteiger partial charge >= 0.3 is 6.61 Å². The highest BCUT2D eigenvalue weighted by Crippen LogP contribution is 2.29. The Morgan fingerprint density at radius 2 is 1.93 bits per heavy atom. The molecule has 0 bridgehead atoms. The molecule has 0 fully saturated rings. The predicted molar refractivity (Wildman–Crippen MR) is 104 cm³/mol. The van der Waals surface area contributed by atoms with Gasteiger partial charge in [0.15, 0.2) is 11.5 Å². The van der Waals surface area contributed by atoms with Crippen molar-refractivity contribution in [3.8, 4) is 17.2 Å². The summed E-state index contributed by atoms with van der Waals surface area (Å²) in [6.45, 7) is -0.636. The van der Waals surface area contributed by atoms with E-state index in [0.29, 0.717) is 18.5 Å². The lowest BCUT2D eigenvalue weighted by atomic mass is 10.1. The minimum Gasteiger partial charge on any atom is -0.493 e. The highest BCUT2D eigenvalue weighted by atomic mass is 19.3. The van der Waals surface area contributed by atoms with Crippen molar-refractivity contribution in [2.75, 3.05) is 13.7 Å². The first kappa shape index (κ1) is 20.3. The second-order valence-electron chi connectivity index (χ2n) is 6.38. The fraction of sp³-hybridized carbons (Fsp3) is 0.238. The van der Waals surface area contributed by atoms with Crippen LogP contribution in [0.1, 0.15) is 21.5 Å². The van der Waals surface area contributed by atoms with Gasteiger partial charge in [-0.2, -0.15) is 13.9 Å². The van der Waals surface area contributed by atoms with Crippen molar-refractivity contribution in [3.05, 3.63) is 71.5 Å². The number of halogens is 2. The topological polar surface area (TPSA) is 65.4 Å². The van der Waals surface area contributed by atoms with Gasteiger partial charge in [-0.3, -0.25) is 4.79 Å². The first-order valence-corrected chi connectivity index (χ1v) is 8.98. The number of carbonyl (C=O) groups excluding carboxylic acids is 1. The standard InChI is InChI=1S/C21H21F2N3O3/c1-14-12-25-26(13-14)17-6-4-16(5-7-17)20(27)24-10-9-15-3-8-18(28-2)19(11-15)29-21(22)23/h3-8,11-13,21H,9-10H2,1-2H3,(H,24,27). The van der Waals surface area contributed by atoms with E-state index in [1.54, 1.807) is 35.1 Å². The van der Waals surface area contributed by atoms with Crippen LogP contribution in [0.4, 0.5) is 8.78 Å². The van der Waals surface area contributed by atoms with Crippen LogP contribution in [0.3, 0.4) is 0 Å². The molecule has 0 atom stereocenters. The lowest BCUT2D eigenvalue weighted by Crippen LogP contribution is -2.25. The number of aryl methyl sites for hydroxylation is 1. The first-order valence-electron chi connectivity index (χ1n) is 8.98. The number of nitrogens with one attached hydrogen (secondary N) is 1. The van der Waals surface area contributed by atoms with E-state index >= 15 is 0 Å². The second-order valence-corrected chi connectivity index (χ2v) is 6.38. The molecule has 1 amide bonds. The van der Waals surface area contributed by atoms with Gasteiger partial charge in [0.05, 0.1) is 19.0 Å². The molecule has 0 spiro atoms. The first-order chi connectivity index (χ1) is 14.0. The predicted octanol–water partition coefficient (Wildman–Crippen LogP) is 3.76.